The molecule has 106 valence electrons. The molecule has 0 amide bonds. The molecule has 0 aliphatic rings. The Morgan fingerprint density at radius 3 is 2.60 bits per heavy atom. The molecule has 0 aromatic heterocycles. The zero-order chi connectivity index (χ0) is 14.7. The standard InChI is InChI=1S/C15H14BrF2NO/c1-19-15(9-4-3-5-10(8-9)20-2)13-12(17)7-6-11(16)14(13)18/h3-8,15,19H,1-2H3. The average Bonchev–Trinajstić information content (AvgIpc) is 2.47. The van der Waals surface area contributed by atoms with Gasteiger partial charge in [0.2, 0.25) is 0 Å². The Hall–Kier alpha value is -1.46. The summed E-state index contributed by atoms with van der Waals surface area (Å²) in [6.45, 7) is 0. The minimum absolute atomic E-state index is 0.0184. The molecule has 0 radical (unpaired) electrons. The number of halogens is 3. The largest absolute Gasteiger partial charge is 0.497 e. The fourth-order valence-electron chi connectivity index (χ4n) is 2.11. The lowest BCUT2D eigenvalue weighted by Crippen LogP contribution is -2.20. The highest BCUT2D eigenvalue weighted by Gasteiger charge is 2.22. The van der Waals surface area contributed by atoms with E-state index >= 15 is 0 Å². The summed E-state index contributed by atoms with van der Waals surface area (Å²) in [6, 6.07) is 9.11. The zero-order valence-corrected chi connectivity index (χ0v) is 12.7. The molecule has 0 aliphatic carbocycles. The van der Waals surface area contributed by atoms with Crippen molar-refractivity contribution in [2.24, 2.45) is 0 Å². The molecular weight excluding hydrogens is 328 g/mol. The van der Waals surface area contributed by atoms with Crippen molar-refractivity contribution in [3.05, 3.63) is 63.6 Å². The second-order valence-corrected chi connectivity index (χ2v) is 5.11. The molecule has 1 atom stereocenters. The minimum atomic E-state index is -0.604. The lowest BCUT2D eigenvalue weighted by molar-refractivity contribution is 0.413. The molecule has 20 heavy (non-hydrogen) atoms. The van der Waals surface area contributed by atoms with Crippen LogP contribution in [0, 0.1) is 11.6 Å². The molecule has 0 saturated carbocycles. The van der Waals surface area contributed by atoms with E-state index in [1.165, 1.54) is 12.1 Å². The minimum Gasteiger partial charge on any atom is -0.497 e. The van der Waals surface area contributed by atoms with Crippen LogP contribution in [-0.2, 0) is 0 Å². The van der Waals surface area contributed by atoms with Crippen molar-refractivity contribution in [3.63, 3.8) is 0 Å². The van der Waals surface area contributed by atoms with Gasteiger partial charge in [-0.1, -0.05) is 12.1 Å². The summed E-state index contributed by atoms with van der Waals surface area (Å²) in [5.41, 5.74) is 0.706. The van der Waals surface area contributed by atoms with Gasteiger partial charge < -0.3 is 10.1 Å². The Balaban J connectivity index is 2.55. The first-order valence-electron chi connectivity index (χ1n) is 6.03. The summed E-state index contributed by atoms with van der Waals surface area (Å²) in [5.74, 6) is -0.557. The molecule has 1 N–H and O–H groups in total. The Morgan fingerprint density at radius 1 is 1.20 bits per heavy atom. The molecule has 2 aromatic carbocycles. The van der Waals surface area contributed by atoms with Crippen molar-refractivity contribution >= 4 is 15.9 Å². The van der Waals surface area contributed by atoms with Crippen LogP contribution in [0.4, 0.5) is 8.78 Å². The molecule has 0 saturated heterocycles. The fourth-order valence-corrected chi connectivity index (χ4v) is 2.45. The van der Waals surface area contributed by atoms with E-state index in [4.69, 9.17) is 4.74 Å². The van der Waals surface area contributed by atoms with Crippen molar-refractivity contribution in [1.82, 2.24) is 5.32 Å². The number of benzene rings is 2. The Kier molecular flexibility index (Phi) is 4.73. The van der Waals surface area contributed by atoms with Gasteiger partial charge in [0, 0.05) is 5.56 Å². The van der Waals surface area contributed by atoms with E-state index in [2.05, 4.69) is 21.2 Å². The second-order valence-electron chi connectivity index (χ2n) is 4.26. The molecule has 0 bridgehead atoms. The molecule has 2 aromatic rings. The predicted molar refractivity (Wildman–Crippen MR) is 78.0 cm³/mol. The molecule has 0 spiro atoms. The van der Waals surface area contributed by atoms with Crippen LogP contribution in [0.3, 0.4) is 0 Å². The van der Waals surface area contributed by atoms with Gasteiger partial charge in [0.25, 0.3) is 0 Å². The number of hydrogen-bond donors (Lipinski definition) is 1. The first-order chi connectivity index (χ1) is 9.58. The van der Waals surface area contributed by atoms with Crippen LogP contribution in [0.1, 0.15) is 17.2 Å². The van der Waals surface area contributed by atoms with Gasteiger partial charge in [-0.25, -0.2) is 8.78 Å². The van der Waals surface area contributed by atoms with Crippen LogP contribution in [0.2, 0.25) is 0 Å². The van der Waals surface area contributed by atoms with Crippen molar-refractivity contribution in [2.45, 2.75) is 6.04 Å². The Morgan fingerprint density at radius 2 is 1.95 bits per heavy atom. The number of methoxy groups -OCH3 is 1. The molecule has 0 fully saturated rings. The van der Waals surface area contributed by atoms with E-state index in [9.17, 15) is 8.78 Å². The Labute approximate surface area is 124 Å². The third kappa shape index (κ3) is 2.83. The number of hydrogen-bond acceptors (Lipinski definition) is 2. The monoisotopic (exact) mass is 341 g/mol. The molecule has 2 nitrogen and oxygen atoms in total. The topological polar surface area (TPSA) is 21.3 Å². The van der Waals surface area contributed by atoms with E-state index < -0.39 is 17.7 Å². The van der Waals surface area contributed by atoms with E-state index in [1.807, 2.05) is 0 Å². The summed E-state index contributed by atoms with van der Waals surface area (Å²) in [5, 5.41) is 2.94. The smallest absolute Gasteiger partial charge is 0.145 e. The quantitative estimate of drug-likeness (QED) is 0.847. The lowest BCUT2D eigenvalue weighted by Gasteiger charge is -2.19. The van der Waals surface area contributed by atoms with Gasteiger partial charge in [0.15, 0.2) is 0 Å². The van der Waals surface area contributed by atoms with Gasteiger partial charge in [-0.3, -0.25) is 0 Å². The molecule has 5 heteroatoms. The van der Waals surface area contributed by atoms with Gasteiger partial charge in [-0.05, 0) is 52.8 Å². The maximum absolute atomic E-state index is 14.2. The summed E-state index contributed by atoms with van der Waals surface area (Å²) in [4.78, 5) is 0. The fraction of sp³-hybridized carbons (Fsp3) is 0.200. The third-order valence-corrected chi connectivity index (χ3v) is 3.70. The van der Waals surface area contributed by atoms with E-state index in [0.29, 0.717) is 5.75 Å². The zero-order valence-electron chi connectivity index (χ0n) is 11.1. The van der Waals surface area contributed by atoms with Gasteiger partial charge >= 0.3 is 0 Å². The summed E-state index contributed by atoms with van der Waals surface area (Å²) in [6.07, 6.45) is 0. The van der Waals surface area contributed by atoms with E-state index in [-0.39, 0.29) is 10.0 Å². The van der Waals surface area contributed by atoms with Crippen molar-refractivity contribution in [2.75, 3.05) is 14.2 Å². The second kappa shape index (κ2) is 6.33. The Bertz CT molecular complexity index is 619. The van der Waals surface area contributed by atoms with E-state index in [0.717, 1.165) is 5.56 Å². The van der Waals surface area contributed by atoms with Crippen LogP contribution in [0.5, 0.6) is 5.75 Å². The SMILES string of the molecule is CNC(c1cccc(OC)c1)c1c(F)ccc(Br)c1F. The average molecular weight is 342 g/mol. The first-order valence-corrected chi connectivity index (χ1v) is 6.82. The van der Waals surface area contributed by atoms with Crippen LogP contribution in [-0.4, -0.2) is 14.2 Å². The van der Waals surface area contributed by atoms with Crippen molar-refractivity contribution in [3.8, 4) is 5.75 Å². The van der Waals surface area contributed by atoms with Gasteiger partial charge in [0.05, 0.1) is 17.6 Å². The molecule has 1 unspecified atom stereocenters. The first kappa shape index (κ1) is 14.9. The van der Waals surface area contributed by atoms with Gasteiger partial charge in [0.1, 0.15) is 17.4 Å². The highest BCUT2D eigenvalue weighted by atomic mass is 79.9. The molecule has 0 aliphatic heterocycles. The maximum atomic E-state index is 14.2. The highest BCUT2D eigenvalue weighted by Crippen LogP contribution is 2.31. The van der Waals surface area contributed by atoms with Crippen LogP contribution >= 0.6 is 15.9 Å². The predicted octanol–water partition coefficient (Wildman–Crippen LogP) is 4.04. The number of nitrogens with one attached hydrogen (secondary N) is 1. The molecule has 0 heterocycles. The normalized spacial score (nSPS) is 12.2. The number of rotatable bonds is 4. The third-order valence-electron chi connectivity index (χ3n) is 3.08. The van der Waals surface area contributed by atoms with Crippen LogP contribution in [0.25, 0.3) is 0 Å². The van der Waals surface area contributed by atoms with Crippen LogP contribution < -0.4 is 10.1 Å². The van der Waals surface area contributed by atoms with Crippen molar-refractivity contribution < 1.29 is 13.5 Å². The van der Waals surface area contributed by atoms with E-state index in [1.54, 1.807) is 38.4 Å². The highest BCUT2D eigenvalue weighted by molar-refractivity contribution is 9.10. The molecule has 2 rings (SSSR count). The summed E-state index contributed by atoms with van der Waals surface area (Å²) in [7, 11) is 3.21. The van der Waals surface area contributed by atoms with Crippen LogP contribution in [0.15, 0.2) is 40.9 Å². The van der Waals surface area contributed by atoms with Gasteiger partial charge in [-0.15, -0.1) is 0 Å². The van der Waals surface area contributed by atoms with Gasteiger partial charge in [-0.2, -0.15) is 0 Å². The summed E-state index contributed by atoms with van der Waals surface area (Å²) >= 11 is 3.08. The summed E-state index contributed by atoms with van der Waals surface area (Å²) < 4.78 is 33.6. The molecular formula is C15H14BrF2NO. The number of ether oxygens (including phenoxy) is 1. The van der Waals surface area contributed by atoms with Crippen molar-refractivity contribution in [1.29, 1.82) is 0 Å². The lowest BCUT2D eigenvalue weighted by atomic mass is 9.97. The maximum Gasteiger partial charge on any atom is 0.145 e.